The highest BCUT2D eigenvalue weighted by molar-refractivity contribution is 5.50. The number of alkyl halides is 6. The summed E-state index contributed by atoms with van der Waals surface area (Å²) in [5, 5.41) is 28.2. The van der Waals surface area contributed by atoms with E-state index < -0.39 is 29.5 Å². The Morgan fingerprint density at radius 2 is 1.41 bits per heavy atom. The maximum Gasteiger partial charge on any atom is 0.438 e. The van der Waals surface area contributed by atoms with Gasteiger partial charge in [0.25, 0.3) is 0 Å². The molecule has 216 valence electrons. The Morgan fingerprint density at radius 1 is 0.872 bits per heavy atom. The van der Waals surface area contributed by atoms with E-state index in [4.69, 9.17) is 9.84 Å². The molecule has 2 aromatic rings. The van der Waals surface area contributed by atoms with Gasteiger partial charge >= 0.3 is 18.0 Å². The molecule has 0 bridgehead atoms. The second-order valence-electron chi connectivity index (χ2n) is 9.59. The van der Waals surface area contributed by atoms with Crippen LogP contribution in [0.5, 0.6) is 5.75 Å². The zero-order chi connectivity index (χ0) is 29.6. The third-order valence-corrected chi connectivity index (χ3v) is 7.04. The zero-order valence-corrected chi connectivity index (χ0v) is 22.3. The Balaban J connectivity index is 2.43. The highest BCUT2D eigenvalue weighted by Crippen LogP contribution is 2.43. The number of benzene rings is 2. The Bertz CT molecular complexity index is 1160. The quantitative estimate of drug-likeness (QED) is 0.242. The average Bonchev–Trinajstić information content (AvgIpc) is 2.86. The van der Waals surface area contributed by atoms with Crippen LogP contribution in [0.15, 0.2) is 36.4 Å². The van der Waals surface area contributed by atoms with Gasteiger partial charge in [0, 0.05) is 17.6 Å². The summed E-state index contributed by atoms with van der Waals surface area (Å²) in [5.74, 6) is 3.48. The van der Waals surface area contributed by atoms with Gasteiger partial charge in [-0.05, 0) is 79.8 Å². The van der Waals surface area contributed by atoms with Crippen molar-refractivity contribution < 1.29 is 46.4 Å². The van der Waals surface area contributed by atoms with Crippen LogP contribution in [0.3, 0.4) is 0 Å². The van der Waals surface area contributed by atoms with Gasteiger partial charge < -0.3 is 20.1 Å². The van der Waals surface area contributed by atoms with Crippen molar-refractivity contribution in [1.82, 2.24) is 0 Å². The number of ether oxygens (including phenoxy) is 1. The van der Waals surface area contributed by atoms with Gasteiger partial charge in [0.15, 0.2) is 0 Å². The van der Waals surface area contributed by atoms with E-state index in [0.29, 0.717) is 37.0 Å². The van der Waals surface area contributed by atoms with Crippen LogP contribution >= 0.6 is 0 Å². The molecule has 0 aliphatic rings. The molecular formula is C29H34F6O4. The number of rotatable bonds is 10. The Labute approximate surface area is 224 Å². The molecule has 0 amide bonds. The Kier molecular flexibility index (Phi) is 10.5. The first-order valence-electron chi connectivity index (χ1n) is 12.6. The smallest absolute Gasteiger partial charge is 0.438 e. The molecule has 0 saturated heterocycles. The predicted octanol–water partition coefficient (Wildman–Crippen LogP) is 6.13. The molecule has 10 heteroatoms. The summed E-state index contributed by atoms with van der Waals surface area (Å²) in [6, 6.07) is 10.3. The third-order valence-electron chi connectivity index (χ3n) is 7.04. The molecule has 0 radical (unpaired) electrons. The minimum Gasteiger partial charge on any atom is -0.491 e. The topological polar surface area (TPSA) is 69.9 Å². The van der Waals surface area contributed by atoms with Crippen LogP contribution in [0.1, 0.15) is 67.3 Å². The van der Waals surface area contributed by atoms with E-state index in [9.17, 15) is 36.6 Å². The van der Waals surface area contributed by atoms with E-state index in [1.54, 1.807) is 18.2 Å². The summed E-state index contributed by atoms with van der Waals surface area (Å²) in [5.41, 5.74) is -2.77. The van der Waals surface area contributed by atoms with Crippen LogP contribution < -0.4 is 4.74 Å². The van der Waals surface area contributed by atoms with Gasteiger partial charge in [0.2, 0.25) is 0 Å². The molecule has 1 atom stereocenters. The van der Waals surface area contributed by atoms with Crippen LogP contribution in [0.2, 0.25) is 0 Å². The van der Waals surface area contributed by atoms with Crippen molar-refractivity contribution in [2.75, 3.05) is 13.2 Å². The van der Waals surface area contributed by atoms with Gasteiger partial charge in [-0.2, -0.15) is 26.3 Å². The molecular weight excluding hydrogens is 526 g/mol. The molecule has 1 unspecified atom stereocenters. The fourth-order valence-electron chi connectivity index (χ4n) is 4.50. The monoisotopic (exact) mass is 560 g/mol. The second-order valence-corrected chi connectivity index (χ2v) is 9.59. The maximum atomic E-state index is 13.0. The van der Waals surface area contributed by atoms with Gasteiger partial charge in [-0.3, -0.25) is 0 Å². The summed E-state index contributed by atoms with van der Waals surface area (Å²) in [6.07, 6.45) is -10.6. The molecule has 0 saturated carbocycles. The van der Waals surface area contributed by atoms with Crippen molar-refractivity contribution in [2.45, 2.75) is 82.9 Å². The lowest BCUT2D eigenvalue weighted by atomic mass is 9.70. The number of hydrogen-bond donors (Lipinski definition) is 3. The largest absolute Gasteiger partial charge is 0.491 e. The number of halogens is 6. The number of aliphatic hydroxyl groups excluding tert-OH is 2. The minimum absolute atomic E-state index is 0.0166. The van der Waals surface area contributed by atoms with E-state index in [-0.39, 0.29) is 18.8 Å². The highest BCUT2D eigenvalue weighted by Gasteiger charge is 2.70. The molecule has 39 heavy (non-hydrogen) atoms. The average molecular weight is 561 g/mol. The van der Waals surface area contributed by atoms with Crippen LogP contribution in [-0.2, 0) is 5.41 Å². The summed E-state index contributed by atoms with van der Waals surface area (Å²) >= 11 is 0. The molecule has 0 heterocycles. The summed E-state index contributed by atoms with van der Waals surface area (Å²) in [7, 11) is 0. The number of aryl methyl sites for hydroxylation is 2. The van der Waals surface area contributed by atoms with Crippen LogP contribution in [0.25, 0.3) is 0 Å². The molecule has 0 aliphatic carbocycles. The van der Waals surface area contributed by atoms with Crippen molar-refractivity contribution in [3.05, 3.63) is 64.2 Å². The van der Waals surface area contributed by atoms with Crippen molar-refractivity contribution >= 4 is 0 Å². The van der Waals surface area contributed by atoms with Crippen LogP contribution in [0, 0.1) is 25.7 Å². The standard InChI is InChI=1S/C29H34F6O4/c1-5-26(6-2,23-11-12-25(20(4)17-23)39-18-24(37)8-7-15-36)22-10-9-21(19(3)16-22)13-14-27(38,28(30,31)32)29(33,34)35/h9-12,16-17,24,36-38H,5-8,15,18H2,1-4H3. The lowest BCUT2D eigenvalue weighted by molar-refractivity contribution is -0.343. The van der Waals surface area contributed by atoms with Gasteiger partial charge in [0.05, 0.1) is 6.10 Å². The summed E-state index contributed by atoms with van der Waals surface area (Å²) in [4.78, 5) is 0. The minimum atomic E-state index is -6.02. The van der Waals surface area contributed by atoms with Crippen LogP contribution in [-0.4, -0.2) is 52.6 Å². The van der Waals surface area contributed by atoms with Crippen LogP contribution in [0.4, 0.5) is 26.3 Å². The van der Waals surface area contributed by atoms with Gasteiger partial charge in [-0.15, -0.1) is 0 Å². The molecule has 0 fully saturated rings. The van der Waals surface area contributed by atoms with E-state index in [1.165, 1.54) is 13.0 Å². The fraction of sp³-hybridized carbons (Fsp3) is 0.517. The van der Waals surface area contributed by atoms with Gasteiger partial charge in [0.1, 0.15) is 12.4 Å². The third kappa shape index (κ3) is 7.07. The van der Waals surface area contributed by atoms with E-state index in [1.807, 2.05) is 38.8 Å². The molecule has 2 rings (SSSR count). The summed E-state index contributed by atoms with van der Waals surface area (Å²) in [6.45, 7) is 7.42. The van der Waals surface area contributed by atoms with Gasteiger partial charge in [-0.1, -0.05) is 44.0 Å². The molecule has 0 aliphatic heterocycles. The highest BCUT2D eigenvalue weighted by atomic mass is 19.4. The lowest BCUT2D eigenvalue weighted by Crippen LogP contribution is -2.55. The Morgan fingerprint density at radius 3 is 1.87 bits per heavy atom. The Hall–Kier alpha value is -2.74. The zero-order valence-electron chi connectivity index (χ0n) is 22.3. The first-order chi connectivity index (χ1) is 18.1. The SMILES string of the molecule is CCC(CC)(c1ccc(C#CC(O)(C(F)(F)F)C(F)(F)F)c(C)c1)c1ccc(OCC(O)CCCO)c(C)c1. The van der Waals surface area contributed by atoms with E-state index in [2.05, 4.69) is 0 Å². The maximum absolute atomic E-state index is 13.0. The normalized spacial score (nSPS) is 13.6. The van der Waals surface area contributed by atoms with Crippen molar-refractivity contribution in [3.8, 4) is 17.6 Å². The molecule has 0 aromatic heterocycles. The summed E-state index contributed by atoms with van der Waals surface area (Å²) < 4.78 is 83.7. The second kappa shape index (κ2) is 12.6. The number of hydrogen-bond acceptors (Lipinski definition) is 4. The van der Waals surface area contributed by atoms with E-state index in [0.717, 1.165) is 22.6 Å². The molecule has 0 spiro atoms. The molecule has 2 aromatic carbocycles. The van der Waals surface area contributed by atoms with Gasteiger partial charge in [-0.25, -0.2) is 0 Å². The predicted molar refractivity (Wildman–Crippen MR) is 135 cm³/mol. The molecule has 3 N–H and O–H groups in total. The first-order valence-corrected chi connectivity index (χ1v) is 12.6. The fourth-order valence-corrected chi connectivity index (χ4v) is 4.50. The number of aliphatic hydroxyl groups is 3. The first kappa shape index (κ1) is 32.5. The van der Waals surface area contributed by atoms with Crippen molar-refractivity contribution in [2.24, 2.45) is 0 Å². The van der Waals surface area contributed by atoms with Crippen molar-refractivity contribution in [3.63, 3.8) is 0 Å². The van der Waals surface area contributed by atoms with E-state index >= 15 is 0 Å². The molecule has 4 nitrogen and oxygen atoms in total. The van der Waals surface area contributed by atoms with Crippen molar-refractivity contribution in [1.29, 1.82) is 0 Å². The lowest BCUT2D eigenvalue weighted by Gasteiger charge is -2.34.